The molecule has 0 spiro atoms. The first-order valence-corrected chi connectivity index (χ1v) is 6.55. The average molecular weight is 277 g/mol. The molecule has 0 saturated carbocycles. The minimum Gasteiger partial charge on any atom is -0.497 e. The van der Waals surface area contributed by atoms with Gasteiger partial charge in [-0.3, -0.25) is 9.59 Å². The highest BCUT2D eigenvalue weighted by Gasteiger charge is 2.27. The van der Waals surface area contributed by atoms with Crippen molar-refractivity contribution < 1.29 is 14.3 Å². The summed E-state index contributed by atoms with van der Waals surface area (Å²) in [4.78, 5) is 25.2. The number of nitrogens with zero attached hydrogens (tertiary/aromatic N) is 1. The number of anilines is 1. The summed E-state index contributed by atoms with van der Waals surface area (Å²) in [6.45, 7) is 1.05. The minimum atomic E-state index is -0.291. The molecule has 2 amide bonds. The number of likely N-dealkylation sites (tertiary alicyclic amines) is 1. The Balaban J connectivity index is 2.07. The third kappa shape index (κ3) is 2.84. The number of methoxy groups -OCH3 is 1. The Morgan fingerprint density at radius 1 is 1.30 bits per heavy atom. The zero-order valence-corrected chi connectivity index (χ0v) is 11.5. The molecular formula is C14H19N3O3. The number of ether oxygens (including phenoxy) is 1. The van der Waals surface area contributed by atoms with Crippen LogP contribution in [0, 0.1) is 5.92 Å². The number of primary amides is 1. The zero-order valence-electron chi connectivity index (χ0n) is 11.5. The number of hydrogen-bond acceptors (Lipinski definition) is 4. The van der Waals surface area contributed by atoms with Gasteiger partial charge in [0.05, 0.1) is 12.7 Å². The number of rotatable bonds is 3. The van der Waals surface area contributed by atoms with E-state index in [1.54, 1.807) is 30.2 Å². The Kier molecular flexibility index (Phi) is 4.12. The van der Waals surface area contributed by atoms with Crippen molar-refractivity contribution in [1.29, 1.82) is 0 Å². The second kappa shape index (κ2) is 5.81. The van der Waals surface area contributed by atoms with Gasteiger partial charge >= 0.3 is 0 Å². The Morgan fingerprint density at radius 3 is 2.45 bits per heavy atom. The molecular weight excluding hydrogens is 258 g/mol. The van der Waals surface area contributed by atoms with Crippen LogP contribution in [0.2, 0.25) is 0 Å². The number of carbonyl (C=O) groups is 2. The van der Waals surface area contributed by atoms with E-state index in [0.717, 1.165) is 0 Å². The number of nitrogen functional groups attached to an aromatic ring is 1. The van der Waals surface area contributed by atoms with Crippen LogP contribution in [0.5, 0.6) is 5.75 Å². The number of hydrogen-bond donors (Lipinski definition) is 2. The van der Waals surface area contributed by atoms with E-state index in [0.29, 0.717) is 42.9 Å². The number of carbonyl (C=O) groups excluding carboxylic acids is 2. The van der Waals surface area contributed by atoms with Gasteiger partial charge in [-0.2, -0.15) is 0 Å². The maximum atomic E-state index is 12.4. The maximum absolute atomic E-state index is 12.4. The summed E-state index contributed by atoms with van der Waals surface area (Å²) in [6, 6.07) is 5.00. The van der Waals surface area contributed by atoms with E-state index >= 15 is 0 Å². The number of nitrogens with two attached hydrogens (primary N) is 2. The summed E-state index contributed by atoms with van der Waals surface area (Å²) in [7, 11) is 1.55. The molecule has 0 aliphatic carbocycles. The Bertz CT molecular complexity index is 522. The van der Waals surface area contributed by atoms with Crippen molar-refractivity contribution in [2.45, 2.75) is 12.8 Å². The highest BCUT2D eigenvalue weighted by molar-refractivity contribution is 5.99. The zero-order chi connectivity index (χ0) is 14.7. The molecule has 108 valence electrons. The van der Waals surface area contributed by atoms with Crippen LogP contribution in [-0.2, 0) is 4.79 Å². The third-order valence-corrected chi connectivity index (χ3v) is 3.67. The standard InChI is InChI=1S/C14H19N3O3/c1-20-10-2-3-11(12(15)8-10)14(19)17-6-4-9(5-7-17)13(16)18/h2-3,8-9H,4-7,15H2,1H3,(H2,16,18). The lowest BCUT2D eigenvalue weighted by atomic mass is 9.95. The fourth-order valence-electron chi connectivity index (χ4n) is 2.40. The number of amides is 2. The normalized spacial score (nSPS) is 15.9. The highest BCUT2D eigenvalue weighted by Crippen LogP contribution is 2.24. The second-order valence-corrected chi connectivity index (χ2v) is 4.92. The third-order valence-electron chi connectivity index (χ3n) is 3.67. The van der Waals surface area contributed by atoms with Crippen LogP contribution < -0.4 is 16.2 Å². The van der Waals surface area contributed by atoms with E-state index in [1.807, 2.05) is 0 Å². The summed E-state index contributed by atoms with van der Waals surface area (Å²) in [5.41, 5.74) is 12.0. The molecule has 0 unspecified atom stereocenters. The molecule has 0 bridgehead atoms. The first-order chi connectivity index (χ1) is 9.52. The summed E-state index contributed by atoms with van der Waals surface area (Å²) in [5, 5.41) is 0. The molecule has 6 nitrogen and oxygen atoms in total. The van der Waals surface area contributed by atoms with Crippen molar-refractivity contribution in [1.82, 2.24) is 4.90 Å². The molecule has 0 radical (unpaired) electrons. The van der Waals surface area contributed by atoms with Gasteiger partial charge in [0.1, 0.15) is 5.75 Å². The first kappa shape index (κ1) is 14.2. The van der Waals surface area contributed by atoms with E-state index in [4.69, 9.17) is 16.2 Å². The average Bonchev–Trinajstić information content (AvgIpc) is 2.46. The Hall–Kier alpha value is -2.24. The molecule has 2 rings (SSSR count). The van der Waals surface area contributed by atoms with E-state index in [-0.39, 0.29) is 17.7 Å². The minimum absolute atomic E-state index is 0.118. The summed E-state index contributed by atoms with van der Waals surface area (Å²) in [6.07, 6.45) is 1.22. The summed E-state index contributed by atoms with van der Waals surface area (Å²) in [5.74, 6) is 0.0767. The fourth-order valence-corrected chi connectivity index (χ4v) is 2.40. The van der Waals surface area contributed by atoms with Crippen LogP contribution in [0.1, 0.15) is 23.2 Å². The van der Waals surface area contributed by atoms with E-state index in [1.165, 1.54) is 0 Å². The molecule has 1 saturated heterocycles. The predicted octanol–water partition coefficient (Wildman–Crippen LogP) is 0.615. The SMILES string of the molecule is COc1ccc(C(=O)N2CCC(C(N)=O)CC2)c(N)c1. The van der Waals surface area contributed by atoms with Gasteiger partial charge < -0.3 is 21.1 Å². The van der Waals surface area contributed by atoms with Gasteiger partial charge in [0, 0.05) is 30.8 Å². The molecule has 1 aromatic rings. The molecule has 1 fully saturated rings. The van der Waals surface area contributed by atoms with E-state index in [2.05, 4.69) is 0 Å². The van der Waals surface area contributed by atoms with Crippen LogP contribution in [-0.4, -0.2) is 36.9 Å². The first-order valence-electron chi connectivity index (χ1n) is 6.55. The molecule has 4 N–H and O–H groups in total. The van der Waals surface area contributed by atoms with Crippen LogP contribution in [0.4, 0.5) is 5.69 Å². The lowest BCUT2D eigenvalue weighted by Crippen LogP contribution is -2.41. The van der Waals surface area contributed by atoms with Crippen molar-refractivity contribution in [3.05, 3.63) is 23.8 Å². The monoisotopic (exact) mass is 277 g/mol. The van der Waals surface area contributed by atoms with Gasteiger partial charge in [-0.05, 0) is 25.0 Å². The van der Waals surface area contributed by atoms with E-state index < -0.39 is 0 Å². The molecule has 1 aliphatic rings. The van der Waals surface area contributed by atoms with Crippen molar-refractivity contribution in [2.75, 3.05) is 25.9 Å². The van der Waals surface area contributed by atoms with Gasteiger partial charge in [0.25, 0.3) is 5.91 Å². The van der Waals surface area contributed by atoms with E-state index in [9.17, 15) is 9.59 Å². The van der Waals surface area contributed by atoms with Crippen molar-refractivity contribution in [3.8, 4) is 5.75 Å². The Labute approximate surface area is 117 Å². The molecule has 1 heterocycles. The predicted molar refractivity (Wildman–Crippen MR) is 75.2 cm³/mol. The van der Waals surface area contributed by atoms with Crippen molar-refractivity contribution in [3.63, 3.8) is 0 Å². The molecule has 20 heavy (non-hydrogen) atoms. The lowest BCUT2D eigenvalue weighted by molar-refractivity contribution is -0.123. The summed E-state index contributed by atoms with van der Waals surface area (Å²) < 4.78 is 5.06. The van der Waals surface area contributed by atoms with Crippen molar-refractivity contribution in [2.24, 2.45) is 11.7 Å². The maximum Gasteiger partial charge on any atom is 0.255 e. The van der Waals surface area contributed by atoms with Crippen LogP contribution in [0.25, 0.3) is 0 Å². The van der Waals surface area contributed by atoms with Gasteiger partial charge in [0.2, 0.25) is 5.91 Å². The van der Waals surface area contributed by atoms with Crippen molar-refractivity contribution >= 4 is 17.5 Å². The van der Waals surface area contributed by atoms with Gasteiger partial charge in [-0.15, -0.1) is 0 Å². The van der Waals surface area contributed by atoms with Crippen LogP contribution in [0.15, 0.2) is 18.2 Å². The number of benzene rings is 1. The fraction of sp³-hybridized carbons (Fsp3) is 0.429. The van der Waals surface area contributed by atoms with Gasteiger partial charge in [-0.25, -0.2) is 0 Å². The quantitative estimate of drug-likeness (QED) is 0.791. The molecule has 0 atom stereocenters. The lowest BCUT2D eigenvalue weighted by Gasteiger charge is -2.30. The summed E-state index contributed by atoms with van der Waals surface area (Å²) >= 11 is 0. The Morgan fingerprint density at radius 2 is 1.95 bits per heavy atom. The number of piperidine rings is 1. The topological polar surface area (TPSA) is 98.6 Å². The molecule has 1 aliphatic heterocycles. The van der Waals surface area contributed by atoms with Gasteiger partial charge in [0.15, 0.2) is 0 Å². The second-order valence-electron chi connectivity index (χ2n) is 4.92. The molecule has 6 heteroatoms. The highest BCUT2D eigenvalue weighted by atomic mass is 16.5. The smallest absolute Gasteiger partial charge is 0.255 e. The molecule has 1 aromatic carbocycles. The molecule has 0 aromatic heterocycles. The van der Waals surface area contributed by atoms with Crippen LogP contribution >= 0.6 is 0 Å². The van der Waals surface area contributed by atoms with Crippen LogP contribution in [0.3, 0.4) is 0 Å². The largest absolute Gasteiger partial charge is 0.497 e. The van der Waals surface area contributed by atoms with Gasteiger partial charge in [-0.1, -0.05) is 0 Å².